The van der Waals surface area contributed by atoms with Crippen molar-refractivity contribution in [3.05, 3.63) is 59.7 Å². The molecule has 0 spiro atoms. The lowest BCUT2D eigenvalue weighted by Gasteiger charge is -2.23. The lowest BCUT2D eigenvalue weighted by atomic mass is 9.86. The van der Waals surface area contributed by atoms with Gasteiger partial charge in [-0.2, -0.15) is 8.78 Å². The first kappa shape index (κ1) is 18.7. The number of para-hydroxylation sites is 1. The van der Waals surface area contributed by atoms with Gasteiger partial charge < -0.3 is 15.4 Å². The van der Waals surface area contributed by atoms with Gasteiger partial charge in [0.2, 0.25) is 0 Å². The molecule has 0 unspecified atom stereocenters. The van der Waals surface area contributed by atoms with Crippen molar-refractivity contribution in [3.63, 3.8) is 0 Å². The Morgan fingerprint density at radius 1 is 1.08 bits per heavy atom. The number of anilines is 1. The molecule has 2 N–H and O–H groups in total. The van der Waals surface area contributed by atoms with E-state index in [1.165, 1.54) is 12.1 Å². The average molecular weight is 348 g/mol. The molecule has 0 aliphatic rings. The number of hydrogen-bond acceptors (Lipinski definition) is 2. The van der Waals surface area contributed by atoms with Gasteiger partial charge in [0.25, 0.3) is 0 Å². The molecule has 2 aromatic carbocycles. The van der Waals surface area contributed by atoms with Gasteiger partial charge >= 0.3 is 12.6 Å². The Labute approximate surface area is 146 Å². The molecule has 2 rings (SSSR count). The molecule has 0 radical (unpaired) electrons. The Balaban J connectivity index is 1.93. The second-order valence-electron chi connectivity index (χ2n) is 6.63. The van der Waals surface area contributed by atoms with E-state index >= 15 is 0 Å². The van der Waals surface area contributed by atoms with E-state index in [1.807, 2.05) is 24.3 Å². The zero-order valence-electron chi connectivity index (χ0n) is 14.5. The second-order valence-corrected chi connectivity index (χ2v) is 6.63. The Bertz CT molecular complexity index is 710. The van der Waals surface area contributed by atoms with Crippen molar-refractivity contribution in [2.75, 3.05) is 5.32 Å². The van der Waals surface area contributed by atoms with Crippen LogP contribution in [0.3, 0.4) is 0 Å². The van der Waals surface area contributed by atoms with Crippen molar-refractivity contribution >= 4 is 11.7 Å². The van der Waals surface area contributed by atoms with E-state index in [2.05, 4.69) is 36.1 Å². The molecule has 0 saturated heterocycles. The predicted octanol–water partition coefficient (Wildman–Crippen LogP) is 4.91. The van der Waals surface area contributed by atoms with Crippen LogP contribution in [0.25, 0.3) is 0 Å². The Hall–Kier alpha value is -2.63. The topological polar surface area (TPSA) is 50.4 Å². The summed E-state index contributed by atoms with van der Waals surface area (Å²) >= 11 is 0. The molecule has 4 nitrogen and oxygen atoms in total. The summed E-state index contributed by atoms with van der Waals surface area (Å²) in [4.78, 5) is 12.1. The third-order valence-electron chi connectivity index (χ3n) is 3.58. The zero-order chi connectivity index (χ0) is 18.4. The number of alkyl halides is 2. The second kappa shape index (κ2) is 7.96. The Morgan fingerprint density at radius 2 is 1.72 bits per heavy atom. The highest BCUT2D eigenvalue weighted by Gasteiger charge is 2.18. The normalized spacial score (nSPS) is 11.3. The first-order valence-corrected chi connectivity index (χ1v) is 7.94. The Morgan fingerprint density at radius 3 is 2.32 bits per heavy atom. The number of amides is 2. The fourth-order valence-corrected chi connectivity index (χ4v) is 2.38. The van der Waals surface area contributed by atoms with Crippen LogP contribution >= 0.6 is 0 Å². The van der Waals surface area contributed by atoms with Gasteiger partial charge in [-0.05, 0) is 34.7 Å². The van der Waals surface area contributed by atoms with Gasteiger partial charge in [0.15, 0.2) is 0 Å². The van der Waals surface area contributed by atoms with Gasteiger partial charge in [-0.15, -0.1) is 0 Å². The largest absolute Gasteiger partial charge is 0.435 e. The van der Waals surface area contributed by atoms with Crippen molar-refractivity contribution in [3.8, 4) is 5.75 Å². The summed E-state index contributed by atoms with van der Waals surface area (Å²) in [6, 6.07) is 13.5. The van der Waals surface area contributed by atoms with Crippen LogP contribution in [0, 0.1) is 0 Å². The first-order chi connectivity index (χ1) is 11.8. The molecule has 0 aliphatic heterocycles. The van der Waals surface area contributed by atoms with Gasteiger partial charge in [-0.3, -0.25) is 0 Å². The highest BCUT2D eigenvalue weighted by atomic mass is 19.3. The van der Waals surface area contributed by atoms with E-state index in [-0.39, 0.29) is 23.7 Å². The molecule has 0 saturated carbocycles. The molecule has 2 aromatic rings. The number of urea groups is 1. The molecule has 134 valence electrons. The highest BCUT2D eigenvalue weighted by molar-refractivity contribution is 5.90. The standard InChI is InChI=1S/C19H22F2N2O2/c1-19(2,3)15-6-4-5-7-16(15)23-18(24)22-12-13-8-10-14(11-9-13)25-17(20)21/h4-11,17H,12H2,1-3H3,(H2,22,23,24). The van der Waals surface area contributed by atoms with E-state index in [4.69, 9.17) is 0 Å². The van der Waals surface area contributed by atoms with Gasteiger partial charge in [0.05, 0.1) is 0 Å². The van der Waals surface area contributed by atoms with Crippen LogP contribution in [0.2, 0.25) is 0 Å². The van der Waals surface area contributed by atoms with E-state index < -0.39 is 6.61 Å². The summed E-state index contributed by atoms with van der Waals surface area (Å²) in [6.07, 6.45) is 0. The summed E-state index contributed by atoms with van der Waals surface area (Å²) in [6.45, 7) is 3.66. The minimum Gasteiger partial charge on any atom is -0.435 e. The maximum Gasteiger partial charge on any atom is 0.387 e. The molecule has 0 fully saturated rings. The molecule has 25 heavy (non-hydrogen) atoms. The summed E-state index contributed by atoms with van der Waals surface area (Å²) < 4.78 is 28.5. The Kier molecular flexibility index (Phi) is 5.96. The first-order valence-electron chi connectivity index (χ1n) is 7.94. The zero-order valence-corrected chi connectivity index (χ0v) is 14.5. The van der Waals surface area contributed by atoms with Crippen LogP contribution < -0.4 is 15.4 Å². The molecule has 6 heteroatoms. The molecule has 0 aromatic heterocycles. The van der Waals surface area contributed by atoms with E-state index in [0.29, 0.717) is 0 Å². The summed E-state index contributed by atoms with van der Waals surface area (Å²) in [7, 11) is 0. The fraction of sp³-hybridized carbons (Fsp3) is 0.316. The van der Waals surface area contributed by atoms with Crippen molar-refractivity contribution < 1.29 is 18.3 Å². The van der Waals surface area contributed by atoms with Crippen LogP contribution in [0.1, 0.15) is 31.9 Å². The van der Waals surface area contributed by atoms with Crippen LogP contribution in [0.5, 0.6) is 5.75 Å². The third kappa shape index (κ3) is 5.74. The molecule has 0 heterocycles. The molecule has 0 bridgehead atoms. The van der Waals surface area contributed by atoms with Crippen molar-refractivity contribution in [2.24, 2.45) is 0 Å². The minimum absolute atomic E-state index is 0.0855. The predicted molar refractivity (Wildman–Crippen MR) is 94.1 cm³/mol. The van der Waals surface area contributed by atoms with Crippen LogP contribution in [-0.2, 0) is 12.0 Å². The minimum atomic E-state index is -2.85. The van der Waals surface area contributed by atoms with Crippen molar-refractivity contribution in [2.45, 2.75) is 39.3 Å². The van der Waals surface area contributed by atoms with E-state index in [9.17, 15) is 13.6 Å². The summed E-state index contributed by atoms with van der Waals surface area (Å²) in [5, 5.41) is 5.60. The molecular formula is C19H22F2N2O2. The van der Waals surface area contributed by atoms with Gasteiger partial charge in [-0.25, -0.2) is 4.79 Å². The van der Waals surface area contributed by atoms with Crippen LogP contribution in [0.4, 0.5) is 19.3 Å². The molecular weight excluding hydrogens is 326 g/mol. The third-order valence-corrected chi connectivity index (χ3v) is 3.58. The van der Waals surface area contributed by atoms with Gasteiger partial charge in [0.1, 0.15) is 5.75 Å². The van der Waals surface area contributed by atoms with E-state index in [0.717, 1.165) is 16.8 Å². The lowest BCUT2D eigenvalue weighted by Crippen LogP contribution is -2.29. The summed E-state index contributed by atoms with van der Waals surface area (Å²) in [5.41, 5.74) is 2.48. The fourth-order valence-electron chi connectivity index (χ4n) is 2.38. The number of halogens is 2. The average Bonchev–Trinajstić information content (AvgIpc) is 2.53. The highest BCUT2D eigenvalue weighted by Crippen LogP contribution is 2.29. The van der Waals surface area contributed by atoms with Crippen LogP contribution in [0.15, 0.2) is 48.5 Å². The summed E-state index contributed by atoms with van der Waals surface area (Å²) in [5.74, 6) is 0.0855. The molecule has 2 amide bonds. The number of ether oxygens (including phenoxy) is 1. The van der Waals surface area contributed by atoms with Crippen molar-refractivity contribution in [1.29, 1.82) is 0 Å². The van der Waals surface area contributed by atoms with Crippen molar-refractivity contribution in [1.82, 2.24) is 5.32 Å². The smallest absolute Gasteiger partial charge is 0.387 e. The quantitative estimate of drug-likeness (QED) is 0.807. The number of carbonyl (C=O) groups excluding carboxylic acids is 1. The van der Waals surface area contributed by atoms with Gasteiger partial charge in [-0.1, -0.05) is 51.1 Å². The lowest BCUT2D eigenvalue weighted by molar-refractivity contribution is -0.0498. The number of nitrogens with one attached hydrogen (secondary N) is 2. The number of hydrogen-bond donors (Lipinski definition) is 2. The maximum atomic E-state index is 12.1. The molecule has 0 atom stereocenters. The number of benzene rings is 2. The van der Waals surface area contributed by atoms with E-state index in [1.54, 1.807) is 12.1 Å². The van der Waals surface area contributed by atoms with Gasteiger partial charge in [0, 0.05) is 12.2 Å². The maximum absolute atomic E-state index is 12.1. The monoisotopic (exact) mass is 348 g/mol. The number of rotatable bonds is 5. The number of carbonyl (C=O) groups is 1. The van der Waals surface area contributed by atoms with Crippen LogP contribution in [-0.4, -0.2) is 12.6 Å². The SMILES string of the molecule is CC(C)(C)c1ccccc1NC(=O)NCc1ccc(OC(F)F)cc1. The molecule has 0 aliphatic carbocycles.